The van der Waals surface area contributed by atoms with Crippen molar-refractivity contribution < 1.29 is 22.8 Å². The molecule has 7 heteroatoms. The summed E-state index contributed by atoms with van der Waals surface area (Å²) in [4.78, 5) is 25.7. The van der Waals surface area contributed by atoms with E-state index in [-0.39, 0.29) is 16.0 Å². The summed E-state index contributed by atoms with van der Waals surface area (Å²) in [7, 11) is 0. The maximum atomic E-state index is 12.9. The lowest BCUT2D eigenvalue weighted by atomic mass is 10.1. The molecule has 0 saturated carbocycles. The van der Waals surface area contributed by atoms with Crippen LogP contribution < -0.4 is 0 Å². The molecule has 1 aromatic heterocycles. The number of benzene rings is 3. The molecular weight excluding hydrogens is 381 g/mol. The molecule has 3 aromatic carbocycles. The molecular formula is C22H13F3N2O2. The van der Waals surface area contributed by atoms with Crippen molar-refractivity contribution in [2.45, 2.75) is 6.18 Å². The van der Waals surface area contributed by atoms with Crippen LogP contribution in [0.1, 0.15) is 20.7 Å². The first-order valence-electron chi connectivity index (χ1n) is 8.91. The maximum absolute atomic E-state index is 12.9. The van der Waals surface area contributed by atoms with Crippen LogP contribution in [0, 0.1) is 0 Å². The molecule has 0 aliphatic carbocycles. The van der Waals surface area contributed by atoms with Crippen LogP contribution in [0.25, 0.3) is 27.5 Å². The number of fused-ring (bicyclic) bond motifs is 4. The highest BCUT2D eigenvalue weighted by Gasteiger charge is 2.44. The number of carbonyl (C=O) groups excluding carboxylic acids is 2. The molecule has 144 valence electrons. The van der Waals surface area contributed by atoms with Gasteiger partial charge in [0.25, 0.3) is 11.8 Å². The Hall–Kier alpha value is -3.61. The number of hydrogen-bond donors (Lipinski definition) is 0. The van der Waals surface area contributed by atoms with Crippen molar-refractivity contribution in [1.82, 2.24) is 9.47 Å². The highest BCUT2D eigenvalue weighted by atomic mass is 19.4. The second-order valence-corrected chi connectivity index (χ2v) is 6.88. The molecule has 4 aromatic rings. The minimum atomic E-state index is -4.67. The number of para-hydroxylation sites is 2. The molecule has 0 N–H and O–H groups in total. The van der Waals surface area contributed by atoms with Crippen molar-refractivity contribution in [2.24, 2.45) is 0 Å². The van der Waals surface area contributed by atoms with E-state index in [0.29, 0.717) is 5.69 Å². The lowest BCUT2D eigenvalue weighted by Crippen LogP contribution is -2.38. The third-order valence-corrected chi connectivity index (χ3v) is 5.14. The van der Waals surface area contributed by atoms with Gasteiger partial charge in [-0.25, -0.2) is 0 Å². The van der Waals surface area contributed by atoms with E-state index in [1.165, 1.54) is 6.07 Å². The van der Waals surface area contributed by atoms with Crippen molar-refractivity contribution in [2.75, 3.05) is 6.54 Å². The second kappa shape index (κ2) is 5.94. The Morgan fingerprint density at radius 1 is 0.724 bits per heavy atom. The Morgan fingerprint density at radius 3 is 1.90 bits per heavy atom. The minimum absolute atomic E-state index is 0.00624. The Morgan fingerprint density at radius 2 is 1.31 bits per heavy atom. The molecule has 5 rings (SSSR count). The Labute approximate surface area is 162 Å². The summed E-state index contributed by atoms with van der Waals surface area (Å²) in [5.74, 6) is -1.86. The number of alkyl halides is 3. The van der Waals surface area contributed by atoms with E-state index in [4.69, 9.17) is 0 Å². The molecule has 0 spiro atoms. The SMILES string of the molecule is O=C1c2cccc(-n3c4ccccc4c4ccccc43)c2C(=O)N1CC(F)(F)F. The van der Waals surface area contributed by atoms with E-state index >= 15 is 0 Å². The zero-order chi connectivity index (χ0) is 20.3. The van der Waals surface area contributed by atoms with Gasteiger partial charge >= 0.3 is 6.18 Å². The van der Waals surface area contributed by atoms with Gasteiger partial charge in [-0.1, -0.05) is 42.5 Å². The number of amides is 2. The average Bonchev–Trinajstić information content (AvgIpc) is 3.15. The molecule has 2 heterocycles. The van der Waals surface area contributed by atoms with Gasteiger partial charge in [0.15, 0.2) is 0 Å². The first-order valence-corrected chi connectivity index (χ1v) is 8.91. The quantitative estimate of drug-likeness (QED) is 0.452. The summed E-state index contributed by atoms with van der Waals surface area (Å²) in [6.07, 6.45) is -4.67. The molecule has 0 radical (unpaired) electrons. The maximum Gasteiger partial charge on any atom is 0.406 e. The zero-order valence-corrected chi connectivity index (χ0v) is 14.9. The van der Waals surface area contributed by atoms with Gasteiger partial charge in [0.2, 0.25) is 0 Å². The van der Waals surface area contributed by atoms with Crippen molar-refractivity contribution in [3.63, 3.8) is 0 Å². The first kappa shape index (κ1) is 17.5. The highest BCUT2D eigenvalue weighted by molar-refractivity contribution is 6.23. The fourth-order valence-corrected chi connectivity index (χ4v) is 4.01. The van der Waals surface area contributed by atoms with Gasteiger partial charge in [-0.15, -0.1) is 0 Å². The number of nitrogens with zero attached hydrogens (tertiary/aromatic N) is 2. The van der Waals surface area contributed by atoms with Crippen LogP contribution in [-0.4, -0.2) is 34.0 Å². The number of halogens is 3. The van der Waals surface area contributed by atoms with Gasteiger partial charge in [-0.05, 0) is 24.3 Å². The number of carbonyl (C=O) groups is 2. The number of aromatic nitrogens is 1. The number of imide groups is 1. The normalized spacial score (nSPS) is 14.2. The Bertz CT molecular complexity index is 1270. The van der Waals surface area contributed by atoms with Gasteiger partial charge in [-0.3, -0.25) is 14.5 Å². The van der Waals surface area contributed by atoms with Crippen molar-refractivity contribution >= 4 is 33.6 Å². The summed E-state index contributed by atoms with van der Waals surface area (Å²) in [6.45, 7) is -1.61. The predicted octanol–water partition coefficient (Wildman–Crippen LogP) is 4.94. The molecule has 0 saturated heterocycles. The van der Waals surface area contributed by atoms with E-state index in [1.807, 2.05) is 53.1 Å². The zero-order valence-electron chi connectivity index (χ0n) is 14.9. The van der Waals surface area contributed by atoms with E-state index in [0.717, 1.165) is 21.8 Å². The minimum Gasteiger partial charge on any atom is -0.308 e. The molecule has 0 fully saturated rings. The van der Waals surface area contributed by atoms with Crippen LogP contribution in [0.5, 0.6) is 0 Å². The van der Waals surface area contributed by atoms with Crippen molar-refractivity contribution in [3.05, 3.63) is 77.9 Å². The summed E-state index contributed by atoms with van der Waals surface area (Å²) in [6, 6.07) is 19.8. The third kappa shape index (κ3) is 2.54. The summed E-state index contributed by atoms with van der Waals surface area (Å²) >= 11 is 0. The topological polar surface area (TPSA) is 42.3 Å². The third-order valence-electron chi connectivity index (χ3n) is 5.14. The van der Waals surface area contributed by atoms with E-state index in [1.54, 1.807) is 12.1 Å². The molecule has 0 bridgehead atoms. The van der Waals surface area contributed by atoms with E-state index in [9.17, 15) is 22.8 Å². The van der Waals surface area contributed by atoms with Crippen LogP contribution >= 0.6 is 0 Å². The van der Waals surface area contributed by atoms with Gasteiger partial charge in [0.05, 0.1) is 27.8 Å². The highest BCUT2D eigenvalue weighted by Crippen LogP contribution is 2.36. The predicted molar refractivity (Wildman–Crippen MR) is 102 cm³/mol. The monoisotopic (exact) mass is 394 g/mol. The molecule has 29 heavy (non-hydrogen) atoms. The molecule has 1 aliphatic heterocycles. The largest absolute Gasteiger partial charge is 0.406 e. The molecule has 0 atom stereocenters. The van der Waals surface area contributed by atoms with E-state index in [2.05, 4.69) is 0 Å². The molecule has 4 nitrogen and oxygen atoms in total. The summed E-state index contributed by atoms with van der Waals surface area (Å²) in [5, 5.41) is 1.90. The van der Waals surface area contributed by atoms with Crippen LogP contribution in [0.2, 0.25) is 0 Å². The summed E-state index contributed by atoms with van der Waals surface area (Å²) < 4.78 is 40.6. The van der Waals surface area contributed by atoms with Crippen molar-refractivity contribution in [1.29, 1.82) is 0 Å². The van der Waals surface area contributed by atoms with Crippen LogP contribution in [0.4, 0.5) is 13.2 Å². The molecule has 2 amide bonds. The lowest BCUT2D eigenvalue weighted by Gasteiger charge is -2.16. The van der Waals surface area contributed by atoms with Gasteiger partial charge in [-0.2, -0.15) is 13.2 Å². The fourth-order valence-electron chi connectivity index (χ4n) is 4.01. The van der Waals surface area contributed by atoms with E-state index < -0.39 is 24.5 Å². The van der Waals surface area contributed by atoms with Crippen molar-refractivity contribution in [3.8, 4) is 5.69 Å². The van der Waals surface area contributed by atoms with Crippen LogP contribution in [0.15, 0.2) is 66.7 Å². The fraction of sp³-hybridized carbons (Fsp3) is 0.0909. The summed E-state index contributed by atoms with van der Waals surface area (Å²) in [5.41, 5.74) is 1.98. The standard InChI is InChI=1S/C22H13F3N2O2/c23-22(24,25)12-26-20(28)15-8-5-11-18(19(15)21(26)29)27-16-9-3-1-6-13(16)14-7-2-4-10-17(14)27/h1-11H,12H2. The Balaban J connectivity index is 1.80. The smallest absolute Gasteiger partial charge is 0.308 e. The second-order valence-electron chi connectivity index (χ2n) is 6.88. The average molecular weight is 394 g/mol. The molecule has 1 aliphatic rings. The Kier molecular flexibility index (Phi) is 3.58. The van der Waals surface area contributed by atoms with Crippen LogP contribution in [0.3, 0.4) is 0 Å². The first-order chi connectivity index (χ1) is 13.9. The van der Waals surface area contributed by atoms with Gasteiger partial charge in [0, 0.05) is 10.8 Å². The van der Waals surface area contributed by atoms with Gasteiger partial charge < -0.3 is 4.57 Å². The number of hydrogen-bond acceptors (Lipinski definition) is 2. The van der Waals surface area contributed by atoms with Gasteiger partial charge in [0.1, 0.15) is 6.54 Å². The number of rotatable bonds is 2. The lowest BCUT2D eigenvalue weighted by molar-refractivity contribution is -0.136. The van der Waals surface area contributed by atoms with Crippen LogP contribution in [-0.2, 0) is 0 Å². The molecule has 0 unspecified atom stereocenters.